The van der Waals surface area contributed by atoms with E-state index in [2.05, 4.69) is 9.72 Å². The van der Waals surface area contributed by atoms with Crippen LogP contribution in [0.15, 0.2) is 83.3 Å². The summed E-state index contributed by atoms with van der Waals surface area (Å²) in [6.45, 7) is 0. The van der Waals surface area contributed by atoms with Crippen molar-refractivity contribution in [1.29, 1.82) is 0 Å². The molecule has 1 aromatic heterocycles. The number of ether oxygens (including phenoxy) is 2. The van der Waals surface area contributed by atoms with Crippen LogP contribution in [0.5, 0.6) is 11.5 Å². The van der Waals surface area contributed by atoms with E-state index >= 15 is 0 Å². The summed E-state index contributed by atoms with van der Waals surface area (Å²) < 4.78 is 54.2. The Hall–Kier alpha value is -5.65. The van der Waals surface area contributed by atoms with Gasteiger partial charge in [0.25, 0.3) is 11.8 Å². The van der Waals surface area contributed by atoms with Crippen LogP contribution in [0.3, 0.4) is 0 Å². The Labute approximate surface area is 234 Å². The minimum atomic E-state index is -4.89. The molecule has 0 spiro atoms. The maximum absolute atomic E-state index is 13.3. The largest absolute Gasteiger partial charge is 0.573 e. The second-order valence-electron chi connectivity index (χ2n) is 9.11. The topological polar surface area (TPSA) is 119 Å². The molecule has 6 rings (SSSR count). The number of anilines is 1. The number of aromatic carboxylic acids is 1. The van der Waals surface area contributed by atoms with Crippen molar-refractivity contribution < 1.29 is 46.6 Å². The number of halogens is 3. The van der Waals surface area contributed by atoms with Gasteiger partial charge in [0.15, 0.2) is 5.58 Å². The Morgan fingerprint density at radius 3 is 2.40 bits per heavy atom. The van der Waals surface area contributed by atoms with E-state index in [9.17, 15) is 32.7 Å². The number of carboxylic acid groups (broad SMARTS) is 1. The fourth-order valence-electron chi connectivity index (χ4n) is 4.83. The first-order chi connectivity index (χ1) is 20.1. The summed E-state index contributed by atoms with van der Waals surface area (Å²) in [5, 5.41) is 9.32. The highest BCUT2D eigenvalue weighted by molar-refractivity contribution is 6.35. The van der Waals surface area contributed by atoms with Crippen LogP contribution in [0.25, 0.3) is 33.7 Å². The molecule has 1 aliphatic rings. The summed E-state index contributed by atoms with van der Waals surface area (Å²) in [7, 11) is 1.40. The number of para-hydroxylation sites is 1. The minimum Gasteiger partial charge on any atom is -0.496 e. The molecule has 0 saturated carbocycles. The van der Waals surface area contributed by atoms with Crippen LogP contribution in [0.2, 0.25) is 0 Å². The van der Waals surface area contributed by atoms with E-state index in [1.807, 2.05) is 0 Å². The number of nitrogens with zero attached hydrogens (tertiary/aromatic N) is 2. The molecule has 0 atom stereocenters. The number of hydrogen-bond acceptors (Lipinski definition) is 7. The zero-order valence-corrected chi connectivity index (χ0v) is 21.4. The van der Waals surface area contributed by atoms with Gasteiger partial charge in [-0.05, 0) is 60.2 Å². The summed E-state index contributed by atoms with van der Waals surface area (Å²) in [6.07, 6.45) is -4.89. The van der Waals surface area contributed by atoms with E-state index in [1.165, 1.54) is 37.4 Å². The predicted molar refractivity (Wildman–Crippen MR) is 143 cm³/mol. The van der Waals surface area contributed by atoms with E-state index in [4.69, 9.17) is 9.15 Å². The van der Waals surface area contributed by atoms with Gasteiger partial charge in [0, 0.05) is 0 Å². The molecule has 2 amide bonds. The highest BCUT2D eigenvalue weighted by Gasteiger charge is 2.39. The number of imide groups is 1. The van der Waals surface area contributed by atoms with Crippen LogP contribution in [0.4, 0.5) is 18.9 Å². The summed E-state index contributed by atoms with van der Waals surface area (Å²) >= 11 is 0. The number of methoxy groups -OCH3 is 1. The SMILES string of the molecule is COc1ccc2oc(-c3ccccc3N3C(=O)c4ccc(C(=O)O)cc4C3=O)nc2c1-c1cccc(OC(F)(F)F)c1. The number of rotatable bonds is 6. The second-order valence-corrected chi connectivity index (χ2v) is 9.11. The normalized spacial score (nSPS) is 13.0. The van der Waals surface area contributed by atoms with Crippen LogP contribution >= 0.6 is 0 Å². The van der Waals surface area contributed by atoms with Crippen LogP contribution in [0, 0.1) is 0 Å². The van der Waals surface area contributed by atoms with Gasteiger partial charge in [-0.3, -0.25) is 9.59 Å². The zero-order valence-electron chi connectivity index (χ0n) is 21.4. The highest BCUT2D eigenvalue weighted by atomic mass is 19.4. The van der Waals surface area contributed by atoms with Crippen molar-refractivity contribution >= 4 is 34.6 Å². The molecule has 0 aliphatic carbocycles. The van der Waals surface area contributed by atoms with E-state index in [1.54, 1.807) is 36.4 Å². The lowest BCUT2D eigenvalue weighted by Gasteiger charge is -2.16. The molecule has 0 radical (unpaired) electrons. The van der Waals surface area contributed by atoms with Crippen LogP contribution in [0.1, 0.15) is 31.1 Å². The number of hydrogen-bond donors (Lipinski definition) is 1. The molecule has 9 nitrogen and oxygen atoms in total. The molecule has 2 heterocycles. The summed E-state index contributed by atoms with van der Waals surface area (Å²) in [4.78, 5) is 43.6. The second kappa shape index (κ2) is 9.77. The Kier molecular flexibility index (Phi) is 6.18. The van der Waals surface area contributed by atoms with Gasteiger partial charge in [-0.1, -0.05) is 24.3 Å². The smallest absolute Gasteiger partial charge is 0.496 e. The molecule has 1 aliphatic heterocycles. The van der Waals surface area contributed by atoms with Gasteiger partial charge in [0.05, 0.1) is 40.6 Å². The number of fused-ring (bicyclic) bond motifs is 2. The molecule has 0 fully saturated rings. The van der Waals surface area contributed by atoms with Gasteiger partial charge < -0.3 is 19.0 Å². The van der Waals surface area contributed by atoms with Crippen molar-refractivity contribution in [2.45, 2.75) is 6.36 Å². The highest BCUT2D eigenvalue weighted by Crippen LogP contribution is 2.42. The third-order valence-electron chi connectivity index (χ3n) is 6.61. The average Bonchev–Trinajstić information content (AvgIpc) is 3.49. The summed E-state index contributed by atoms with van der Waals surface area (Å²) in [5.41, 5.74) is 1.39. The summed E-state index contributed by atoms with van der Waals surface area (Å²) in [6, 6.07) is 18.5. The molecular weight excluding hydrogens is 557 g/mol. The number of aromatic nitrogens is 1. The van der Waals surface area contributed by atoms with E-state index in [0.29, 0.717) is 16.9 Å². The maximum Gasteiger partial charge on any atom is 0.573 e. The molecule has 210 valence electrons. The molecule has 42 heavy (non-hydrogen) atoms. The summed E-state index contributed by atoms with van der Waals surface area (Å²) in [5.74, 6) is -2.74. The fourth-order valence-corrected chi connectivity index (χ4v) is 4.83. The molecule has 0 bridgehead atoms. The van der Waals surface area contributed by atoms with Crippen molar-refractivity contribution in [3.8, 4) is 34.1 Å². The quantitative estimate of drug-likeness (QED) is 0.226. The van der Waals surface area contributed by atoms with Gasteiger partial charge in [-0.25, -0.2) is 14.7 Å². The van der Waals surface area contributed by atoms with Crippen LogP contribution < -0.4 is 14.4 Å². The molecule has 5 aromatic rings. The number of benzene rings is 4. The monoisotopic (exact) mass is 574 g/mol. The van der Waals surface area contributed by atoms with Gasteiger partial charge >= 0.3 is 12.3 Å². The van der Waals surface area contributed by atoms with Gasteiger partial charge in [0.1, 0.15) is 17.0 Å². The molecule has 4 aromatic carbocycles. The van der Waals surface area contributed by atoms with Crippen molar-refractivity contribution in [3.05, 3.63) is 95.6 Å². The molecule has 0 unspecified atom stereocenters. The number of carboxylic acids is 1. The third-order valence-corrected chi connectivity index (χ3v) is 6.61. The number of alkyl halides is 3. The minimum absolute atomic E-state index is 0.0144. The number of amides is 2. The van der Waals surface area contributed by atoms with Crippen molar-refractivity contribution in [3.63, 3.8) is 0 Å². The van der Waals surface area contributed by atoms with Crippen molar-refractivity contribution in [1.82, 2.24) is 4.98 Å². The number of oxazole rings is 1. The average molecular weight is 574 g/mol. The van der Waals surface area contributed by atoms with E-state index in [0.717, 1.165) is 17.0 Å². The molecular formula is C30H17F3N2O7. The first-order valence-electron chi connectivity index (χ1n) is 12.2. The van der Waals surface area contributed by atoms with Gasteiger partial charge in [0.2, 0.25) is 5.89 Å². The van der Waals surface area contributed by atoms with E-state index in [-0.39, 0.29) is 44.9 Å². The first-order valence-corrected chi connectivity index (χ1v) is 12.2. The van der Waals surface area contributed by atoms with Crippen molar-refractivity contribution in [2.75, 3.05) is 12.0 Å². The Balaban J connectivity index is 1.47. The number of carbonyl (C=O) groups is 3. The first kappa shape index (κ1) is 26.6. The van der Waals surface area contributed by atoms with Crippen LogP contribution in [-0.4, -0.2) is 41.3 Å². The predicted octanol–water partition coefficient (Wildman–Crippen LogP) is 6.57. The van der Waals surface area contributed by atoms with Gasteiger partial charge in [-0.2, -0.15) is 0 Å². The van der Waals surface area contributed by atoms with Crippen LogP contribution in [-0.2, 0) is 0 Å². The van der Waals surface area contributed by atoms with Gasteiger partial charge in [-0.15, -0.1) is 13.2 Å². The third kappa shape index (κ3) is 4.48. The van der Waals surface area contributed by atoms with Crippen molar-refractivity contribution in [2.24, 2.45) is 0 Å². The lowest BCUT2D eigenvalue weighted by molar-refractivity contribution is -0.274. The Bertz CT molecular complexity index is 1930. The Morgan fingerprint density at radius 1 is 0.905 bits per heavy atom. The maximum atomic E-state index is 13.3. The molecule has 1 N–H and O–H groups in total. The lowest BCUT2D eigenvalue weighted by atomic mass is 10.0. The molecule has 0 saturated heterocycles. The number of carbonyl (C=O) groups excluding carboxylic acids is 2. The standard InChI is InChI=1S/C30H17F3N2O7/c1-40-22-11-12-23-25(24(22)15-5-4-6-17(13-15)42-30(31,32)33)34-26(41-23)19-7-2-3-8-21(19)35-27(36)18-10-9-16(29(38)39)14-20(18)28(35)37/h2-14H,1H3,(H,38,39). The molecule has 12 heteroatoms. The van der Waals surface area contributed by atoms with E-state index < -0.39 is 29.9 Å². The lowest BCUT2D eigenvalue weighted by Crippen LogP contribution is -2.29. The fraction of sp³-hybridized carbons (Fsp3) is 0.0667. The zero-order chi connectivity index (χ0) is 29.8. The Morgan fingerprint density at radius 2 is 1.67 bits per heavy atom.